The van der Waals surface area contributed by atoms with Crippen molar-refractivity contribution < 1.29 is 0 Å². The smallest absolute Gasteiger partial charge is 0.0589 e. The van der Waals surface area contributed by atoms with Crippen LogP contribution in [0.15, 0.2) is 40.6 Å². The lowest BCUT2D eigenvalue weighted by Crippen LogP contribution is -2.22. The molecule has 2 atom stereocenters. The Hall–Kier alpha value is -0.770. The molecule has 1 aromatic heterocycles. The van der Waals surface area contributed by atoms with Gasteiger partial charge in [-0.05, 0) is 54.5 Å². The predicted octanol–water partition coefficient (Wildman–Crippen LogP) is 5.36. The van der Waals surface area contributed by atoms with Crippen molar-refractivity contribution in [2.24, 2.45) is 5.73 Å². The molecule has 0 radical (unpaired) electrons. The first kappa shape index (κ1) is 15.6. The number of thioether (sulfide) groups is 1. The van der Waals surface area contributed by atoms with Gasteiger partial charge in [-0.2, -0.15) is 0 Å². The van der Waals surface area contributed by atoms with Crippen molar-refractivity contribution in [2.45, 2.75) is 49.8 Å². The second kappa shape index (κ2) is 6.79. The first-order chi connectivity index (χ1) is 9.49. The number of rotatable bonds is 5. The molecule has 1 heterocycles. The van der Waals surface area contributed by atoms with Crippen molar-refractivity contribution in [1.29, 1.82) is 0 Å². The third-order valence-electron chi connectivity index (χ3n) is 3.45. The Morgan fingerprint density at radius 1 is 1.05 bits per heavy atom. The van der Waals surface area contributed by atoms with Crippen LogP contribution >= 0.6 is 23.1 Å². The van der Waals surface area contributed by atoms with Crippen LogP contribution in [0.4, 0.5) is 0 Å². The van der Waals surface area contributed by atoms with E-state index in [9.17, 15) is 0 Å². The molecule has 108 valence electrons. The lowest BCUT2D eigenvalue weighted by atomic mass is 10.0. The van der Waals surface area contributed by atoms with Crippen LogP contribution in [-0.4, -0.2) is 6.04 Å². The fraction of sp³-hybridized carbons (Fsp3) is 0.412. The van der Waals surface area contributed by atoms with Crippen LogP contribution in [0.2, 0.25) is 0 Å². The standard InChI is InChI=1S/C17H23NS2/c1-11(2)14-5-7-15(8-6-14)20-17(13(4)18)16-12(3)9-10-19-16/h5-11,13,17H,18H2,1-4H3. The van der Waals surface area contributed by atoms with E-state index in [1.165, 1.54) is 20.9 Å². The summed E-state index contributed by atoms with van der Waals surface area (Å²) in [5.41, 5.74) is 8.95. The third-order valence-corrected chi connectivity index (χ3v) is 6.16. The summed E-state index contributed by atoms with van der Waals surface area (Å²) in [4.78, 5) is 2.70. The largest absolute Gasteiger partial charge is 0.327 e. The van der Waals surface area contributed by atoms with Crippen molar-refractivity contribution >= 4 is 23.1 Å². The summed E-state index contributed by atoms with van der Waals surface area (Å²) in [6, 6.07) is 11.2. The summed E-state index contributed by atoms with van der Waals surface area (Å²) in [5.74, 6) is 0.581. The van der Waals surface area contributed by atoms with E-state index in [-0.39, 0.29) is 6.04 Å². The molecule has 0 saturated carbocycles. The number of benzene rings is 1. The Labute approximate surface area is 130 Å². The molecule has 0 fully saturated rings. The van der Waals surface area contributed by atoms with E-state index in [1.54, 1.807) is 0 Å². The summed E-state index contributed by atoms with van der Waals surface area (Å²) in [6.07, 6.45) is 0. The fourth-order valence-electron chi connectivity index (χ4n) is 2.15. The van der Waals surface area contributed by atoms with Crippen molar-refractivity contribution in [2.75, 3.05) is 0 Å². The maximum atomic E-state index is 6.21. The van der Waals surface area contributed by atoms with Gasteiger partial charge < -0.3 is 5.73 Å². The van der Waals surface area contributed by atoms with Crippen molar-refractivity contribution in [1.82, 2.24) is 0 Å². The van der Waals surface area contributed by atoms with Crippen LogP contribution in [0, 0.1) is 6.92 Å². The minimum absolute atomic E-state index is 0.141. The molecule has 0 saturated heterocycles. The molecule has 0 amide bonds. The van der Waals surface area contributed by atoms with Gasteiger partial charge in [-0.25, -0.2) is 0 Å². The molecule has 3 heteroatoms. The van der Waals surface area contributed by atoms with Crippen molar-refractivity contribution in [3.63, 3.8) is 0 Å². The van der Waals surface area contributed by atoms with Gasteiger partial charge in [0.1, 0.15) is 0 Å². The molecule has 2 unspecified atom stereocenters. The van der Waals surface area contributed by atoms with E-state index in [0.29, 0.717) is 11.2 Å². The topological polar surface area (TPSA) is 26.0 Å². The molecule has 2 rings (SSSR count). The highest BCUT2D eigenvalue weighted by Gasteiger charge is 2.20. The minimum Gasteiger partial charge on any atom is -0.327 e. The van der Waals surface area contributed by atoms with E-state index in [0.717, 1.165) is 0 Å². The Bertz CT molecular complexity index is 540. The van der Waals surface area contributed by atoms with Gasteiger partial charge in [0.05, 0.1) is 5.25 Å². The molecule has 20 heavy (non-hydrogen) atoms. The van der Waals surface area contributed by atoms with Crippen LogP contribution in [-0.2, 0) is 0 Å². The zero-order chi connectivity index (χ0) is 14.7. The summed E-state index contributed by atoms with van der Waals surface area (Å²) < 4.78 is 0. The molecule has 0 spiro atoms. The molecular weight excluding hydrogens is 282 g/mol. The zero-order valence-electron chi connectivity index (χ0n) is 12.6. The van der Waals surface area contributed by atoms with Gasteiger partial charge in [0.15, 0.2) is 0 Å². The molecule has 0 aliphatic heterocycles. The van der Waals surface area contributed by atoms with Gasteiger partial charge in [-0.3, -0.25) is 0 Å². The second-order valence-corrected chi connectivity index (χ2v) is 7.75. The van der Waals surface area contributed by atoms with E-state index in [1.807, 2.05) is 23.1 Å². The summed E-state index contributed by atoms with van der Waals surface area (Å²) in [5, 5.41) is 2.49. The molecule has 2 aromatic rings. The fourth-order valence-corrected chi connectivity index (χ4v) is 4.58. The highest BCUT2D eigenvalue weighted by atomic mass is 32.2. The van der Waals surface area contributed by atoms with E-state index in [2.05, 4.69) is 63.4 Å². The number of aryl methyl sites for hydroxylation is 1. The Kier molecular flexibility index (Phi) is 5.30. The molecule has 0 aliphatic rings. The second-order valence-electron chi connectivity index (χ2n) is 5.59. The maximum Gasteiger partial charge on any atom is 0.0589 e. The van der Waals surface area contributed by atoms with E-state index < -0.39 is 0 Å². The molecular formula is C17H23NS2. The van der Waals surface area contributed by atoms with E-state index >= 15 is 0 Å². The number of thiophene rings is 1. The van der Waals surface area contributed by atoms with Crippen molar-refractivity contribution in [3.05, 3.63) is 51.7 Å². The zero-order valence-corrected chi connectivity index (χ0v) is 14.2. The normalized spacial score (nSPS) is 14.5. The number of hydrogen-bond acceptors (Lipinski definition) is 3. The van der Waals surface area contributed by atoms with Gasteiger partial charge in [-0.1, -0.05) is 26.0 Å². The van der Waals surface area contributed by atoms with Crippen LogP contribution in [0.5, 0.6) is 0 Å². The van der Waals surface area contributed by atoms with Crippen LogP contribution in [0.3, 0.4) is 0 Å². The molecule has 0 bridgehead atoms. The van der Waals surface area contributed by atoms with Crippen LogP contribution < -0.4 is 5.73 Å². The first-order valence-corrected chi connectivity index (χ1v) is 8.81. The van der Waals surface area contributed by atoms with Crippen molar-refractivity contribution in [3.8, 4) is 0 Å². The Morgan fingerprint density at radius 3 is 2.15 bits per heavy atom. The monoisotopic (exact) mass is 305 g/mol. The summed E-state index contributed by atoms with van der Waals surface area (Å²) >= 11 is 3.69. The number of hydrogen-bond donors (Lipinski definition) is 1. The molecule has 1 aromatic carbocycles. The molecule has 0 aliphatic carbocycles. The predicted molar refractivity (Wildman–Crippen MR) is 91.8 cm³/mol. The number of nitrogens with two attached hydrogens (primary N) is 1. The average Bonchev–Trinajstić information content (AvgIpc) is 2.82. The Morgan fingerprint density at radius 2 is 1.70 bits per heavy atom. The average molecular weight is 306 g/mol. The lowest BCUT2D eigenvalue weighted by molar-refractivity contribution is 0.727. The highest BCUT2D eigenvalue weighted by Crippen LogP contribution is 2.41. The first-order valence-electron chi connectivity index (χ1n) is 7.05. The lowest BCUT2D eigenvalue weighted by Gasteiger charge is -2.20. The van der Waals surface area contributed by atoms with Crippen LogP contribution in [0.25, 0.3) is 0 Å². The van der Waals surface area contributed by atoms with Crippen LogP contribution in [0.1, 0.15) is 47.9 Å². The van der Waals surface area contributed by atoms with Gasteiger partial charge in [0, 0.05) is 15.8 Å². The molecule has 1 nitrogen and oxygen atoms in total. The SMILES string of the molecule is Cc1ccsc1C(Sc1ccc(C(C)C)cc1)C(C)N. The van der Waals surface area contributed by atoms with Gasteiger partial charge >= 0.3 is 0 Å². The van der Waals surface area contributed by atoms with Gasteiger partial charge in [0.2, 0.25) is 0 Å². The highest BCUT2D eigenvalue weighted by molar-refractivity contribution is 7.99. The quantitative estimate of drug-likeness (QED) is 0.752. The Balaban J connectivity index is 2.19. The third kappa shape index (κ3) is 3.66. The van der Waals surface area contributed by atoms with Gasteiger partial charge in [0.25, 0.3) is 0 Å². The molecule has 2 N–H and O–H groups in total. The van der Waals surface area contributed by atoms with Gasteiger partial charge in [-0.15, -0.1) is 23.1 Å². The van der Waals surface area contributed by atoms with E-state index in [4.69, 9.17) is 5.73 Å². The summed E-state index contributed by atoms with van der Waals surface area (Å²) in [6.45, 7) is 8.72. The maximum absolute atomic E-state index is 6.21. The minimum atomic E-state index is 0.141. The summed E-state index contributed by atoms with van der Waals surface area (Å²) in [7, 11) is 0.